The van der Waals surface area contributed by atoms with Crippen LogP contribution in [-0.2, 0) is 12.8 Å². The summed E-state index contributed by atoms with van der Waals surface area (Å²) in [6.07, 6.45) is 3.20. The van der Waals surface area contributed by atoms with Crippen LogP contribution in [0.3, 0.4) is 0 Å². The molecule has 1 N–H and O–H groups in total. The zero-order valence-corrected chi connectivity index (χ0v) is 7.13. The molecule has 3 nitrogen and oxygen atoms in total. The molecule has 0 aliphatic heterocycles. The van der Waals surface area contributed by atoms with Crippen molar-refractivity contribution in [2.24, 2.45) is 5.92 Å². The molecule has 0 amide bonds. The van der Waals surface area contributed by atoms with Gasteiger partial charge in [0.1, 0.15) is 0 Å². The van der Waals surface area contributed by atoms with E-state index in [4.69, 9.17) is 0 Å². The highest BCUT2D eigenvalue weighted by atomic mass is 16.1. The van der Waals surface area contributed by atoms with Crippen molar-refractivity contribution in [1.29, 1.82) is 0 Å². The fraction of sp³-hybridized carbons (Fsp3) is 0.556. The van der Waals surface area contributed by atoms with Crippen LogP contribution in [0.2, 0.25) is 0 Å². The number of hydrogen-bond acceptors (Lipinski definition) is 2. The van der Waals surface area contributed by atoms with Crippen LogP contribution in [0.4, 0.5) is 0 Å². The third-order valence-electron chi connectivity index (χ3n) is 2.42. The molecule has 1 heterocycles. The first-order chi connectivity index (χ1) is 5.75. The van der Waals surface area contributed by atoms with Crippen molar-refractivity contribution in [1.82, 2.24) is 10.2 Å². The third-order valence-corrected chi connectivity index (χ3v) is 2.42. The molecule has 1 atom stereocenters. The summed E-state index contributed by atoms with van der Waals surface area (Å²) in [4.78, 5) is 10.9. The highest BCUT2D eigenvalue weighted by Crippen LogP contribution is 2.21. The maximum Gasteiger partial charge on any atom is 0.264 e. The van der Waals surface area contributed by atoms with Crippen LogP contribution in [0.5, 0.6) is 0 Å². The van der Waals surface area contributed by atoms with E-state index >= 15 is 0 Å². The first kappa shape index (κ1) is 7.53. The second-order valence-corrected chi connectivity index (χ2v) is 3.55. The molecule has 0 radical (unpaired) electrons. The Labute approximate surface area is 70.8 Å². The number of hydrogen-bond donors (Lipinski definition) is 1. The molecule has 0 bridgehead atoms. The SMILES string of the molecule is C[C@@H]1CCc2n[nH]c(=O)cc2C1. The molecule has 0 unspecified atom stereocenters. The second kappa shape index (κ2) is 2.73. The molecular weight excluding hydrogens is 152 g/mol. The number of aryl methyl sites for hydroxylation is 1. The Balaban J connectivity index is 2.44. The van der Waals surface area contributed by atoms with Gasteiger partial charge in [-0.05, 0) is 30.7 Å². The fourth-order valence-corrected chi connectivity index (χ4v) is 1.72. The Hall–Kier alpha value is -1.12. The van der Waals surface area contributed by atoms with Crippen molar-refractivity contribution in [2.75, 3.05) is 0 Å². The summed E-state index contributed by atoms with van der Waals surface area (Å²) in [7, 11) is 0. The Kier molecular flexibility index (Phi) is 1.71. The normalized spacial score (nSPS) is 21.9. The van der Waals surface area contributed by atoms with Gasteiger partial charge < -0.3 is 0 Å². The van der Waals surface area contributed by atoms with Gasteiger partial charge >= 0.3 is 0 Å². The summed E-state index contributed by atoms with van der Waals surface area (Å²) in [5.41, 5.74) is 2.13. The highest BCUT2D eigenvalue weighted by molar-refractivity contribution is 5.20. The molecule has 64 valence electrons. The lowest BCUT2D eigenvalue weighted by Gasteiger charge is -2.18. The zero-order chi connectivity index (χ0) is 8.55. The Morgan fingerprint density at radius 2 is 2.50 bits per heavy atom. The van der Waals surface area contributed by atoms with Gasteiger partial charge in [-0.3, -0.25) is 4.79 Å². The van der Waals surface area contributed by atoms with Crippen LogP contribution in [0.25, 0.3) is 0 Å². The van der Waals surface area contributed by atoms with Crippen LogP contribution in [0.15, 0.2) is 10.9 Å². The van der Waals surface area contributed by atoms with Crippen LogP contribution < -0.4 is 5.56 Å². The van der Waals surface area contributed by atoms with Gasteiger partial charge in [-0.25, -0.2) is 5.10 Å². The lowest BCUT2D eigenvalue weighted by molar-refractivity contribution is 0.489. The van der Waals surface area contributed by atoms with Crippen molar-refractivity contribution < 1.29 is 0 Å². The van der Waals surface area contributed by atoms with E-state index < -0.39 is 0 Å². The summed E-state index contributed by atoms with van der Waals surface area (Å²) in [6.45, 7) is 2.21. The summed E-state index contributed by atoms with van der Waals surface area (Å²) < 4.78 is 0. The van der Waals surface area contributed by atoms with Crippen molar-refractivity contribution >= 4 is 0 Å². The highest BCUT2D eigenvalue weighted by Gasteiger charge is 2.16. The van der Waals surface area contributed by atoms with Crippen molar-refractivity contribution in [2.45, 2.75) is 26.2 Å². The number of H-pyrrole nitrogens is 1. The lowest BCUT2D eigenvalue weighted by atomic mass is 9.88. The maximum atomic E-state index is 10.9. The van der Waals surface area contributed by atoms with Gasteiger partial charge in [0, 0.05) is 6.07 Å². The number of nitrogens with one attached hydrogen (secondary N) is 1. The van der Waals surface area contributed by atoms with Crippen molar-refractivity contribution in [3.63, 3.8) is 0 Å². The molecule has 0 saturated heterocycles. The van der Waals surface area contributed by atoms with Gasteiger partial charge in [0.15, 0.2) is 0 Å². The van der Waals surface area contributed by atoms with Gasteiger partial charge in [0.25, 0.3) is 5.56 Å². The van der Waals surface area contributed by atoms with E-state index in [-0.39, 0.29) is 5.56 Å². The second-order valence-electron chi connectivity index (χ2n) is 3.55. The molecule has 2 rings (SSSR count). The van der Waals surface area contributed by atoms with E-state index in [9.17, 15) is 4.79 Å². The Morgan fingerprint density at radius 1 is 1.67 bits per heavy atom. The quantitative estimate of drug-likeness (QED) is 0.619. The minimum Gasteiger partial charge on any atom is -0.268 e. The van der Waals surface area contributed by atoms with Crippen LogP contribution >= 0.6 is 0 Å². The topological polar surface area (TPSA) is 45.8 Å². The first-order valence-corrected chi connectivity index (χ1v) is 4.33. The van der Waals surface area contributed by atoms with Gasteiger partial charge in [0.05, 0.1) is 5.69 Å². The van der Waals surface area contributed by atoms with Gasteiger partial charge in [-0.2, -0.15) is 5.10 Å². The zero-order valence-electron chi connectivity index (χ0n) is 7.13. The first-order valence-electron chi connectivity index (χ1n) is 4.33. The van der Waals surface area contributed by atoms with Crippen molar-refractivity contribution in [3.8, 4) is 0 Å². The summed E-state index contributed by atoms with van der Waals surface area (Å²) in [5.74, 6) is 0.695. The van der Waals surface area contributed by atoms with E-state index in [1.54, 1.807) is 6.07 Å². The van der Waals surface area contributed by atoms with Gasteiger partial charge in [-0.15, -0.1) is 0 Å². The van der Waals surface area contributed by atoms with Crippen molar-refractivity contribution in [3.05, 3.63) is 27.7 Å². The third kappa shape index (κ3) is 1.26. The smallest absolute Gasteiger partial charge is 0.264 e. The Bertz CT molecular complexity index is 343. The number of aromatic nitrogens is 2. The summed E-state index contributed by atoms with van der Waals surface area (Å²) >= 11 is 0. The molecule has 0 fully saturated rings. The van der Waals surface area contributed by atoms with Crippen LogP contribution in [-0.4, -0.2) is 10.2 Å². The number of rotatable bonds is 0. The molecule has 0 spiro atoms. The van der Waals surface area contributed by atoms with E-state index in [1.807, 2.05) is 0 Å². The van der Waals surface area contributed by atoms with Crippen LogP contribution in [0, 0.1) is 5.92 Å². The van der Waals surface area contributed by atoms with E-state index in [0.29, 0.717) is 5.92 Å². The van der Waals surface area contributed by atoms with E-state index in [2.05, 4.69) is 17.1 Å². The monoisotopic (exact) mass is 164 g/mol. The predicted molar refractivity (Wildman–Crippen MR) is 46.0 cm³/mol. The number of fused-ring (bicyclic) bond motifs is 1. The minimum absolute atomic E-state index is 0.0807. The molecule has 1 aliphatic carbocycles. The minimum atomic E-state index is -0.0807. The molecule has 0 aromatic carbocycles. The molecule has 3 heteroatoms. The number of nitrogens with zero attached hydrogens (tertiary/aromatic N) is 1. The molecule has 12 heavy (non-hydrogen) atoms. The largest absolute Gasteiger partial charge is 0.268 e. The predicted octanol–water partition coefficient (Wildman–Crippen LogP) is 0.895. The van der Waals surface area contributed by atoms with E-state index in [0.717, 1.165) is 24.1 Å². The van der Waals surface area contributed by atoms with Gasteiger partial charge in [0.2, 0.25) is 0 Å². The summed E-state index contributed by atoms with van der Waals surface area (Å²) in [6, 6.07) is 1.68. The Morgan fingerprint density at radius 3 is 3.33 bits per heavy atom. The van der Waals surface area contributed by atoms with Crippen LogP contribution in [0.1, 0.15) is 24.6 Å². The maximum absolute atomic E-state index is 10.9. The molecular formula is C9H12N2O. The molecule has 1 aromatic heterocycles. The number of aromatic amines is 1. The average Bonchev–Trinajstić information content (AvgIpc) is 2.03. The lowest BCUT2D eigenvalue weighted by Crippen LogP contribution is -2.18. The standard InChI is InChI=1S/C9H12N2O/c1-6-2-3-8-7(4-6)5-9(12)11-10-8/h5-6H,2-4H2,1H3,(H,11,12)/t6-/m1/s1. The molecule has 1 aliphatic rings. The summed E-state index contributed by atoms with van der Waals surface area (Å²) in [5, 5.41) is 6.48. The molecule has 0 saturated carbocycles. The van der Waals surface area contributed by atoms with Gasteiger partial charge in [-0.1, -0.05) is 6.92 Å². The molecule has 1 aromatic rings. The van der Waals surface area contributed by atoms with E-state index in [1.165, 1.54) is 6.42 Å². The fourth-order valence-electron chi connectivity index (χ4n) is 1.72. The average molecular weight is 164 g/mol.